The highest BCUT2D eigenvalue weighted by Crippen LogP contribution is 2.21. The Bertz CT molecular complexity index is 309. The molecule has 0 saturated carbocycles. The number of likely N-dealkylation sites (tertiary alicyclic amines) is 1. The first kappa shape index (κ1) is 14.1. The van der Waals surface area contributed by atoms with E-state index in [1.165, 1.54) is 12.0 Å². The first-order valence-corrected chi connectivity index (χ1v) is 5.46. The zero-order valence-electron chi connectivity index (χ0n) is 10.6. The number of nitrogens with zero attached hydrogens (tertiary/aromatic N) is 1. The second-order valence-corrected chi connectivity index (χ2v) is 5.01. The molecule has 0 bridgehead atoms. The summed E-state index contributed by atoms with van der Waals surface area (Å²) in [7, 11) is 1.25. The second kappa shape index (κ2) is 5.12. The highest BCUT2D eigenvalue weighted by Gasteiger charge is 2.41. The topological polar surface area (TPSA) is 76.1 Å². The van der Waals surface area contributed by atoms with Crippen molar-refractivity contribution >= 4 is 11.8 Å². The van der Waals surface area contributed by atoms with Crippen molar-refractivity contribution in [2.24, 2.45) is 0 Å². The molecular formula is C11H19NO5. The summed E-state index contributed by atoms with van der Waals surface area (Å²) in [4.78, 5) is 24.1. The largest absolute Gasteiger partial charge is 0.468 e. The van der Waals surface area contributed by atoms with Gasteiger partial charge in [-0.05, 0) is 20.8 Å². The monoisotopic (exact) mass is 245 g/mol. The Morgan fingerprint density at radius 2 is 2.12 bits per heavy atom. The van der Waals surface area contributed by atoms with Gasteiger partial charge in [0.1, 0.15) is 11.8 Å². The summed E-state index contributed by atoms with van der Waals surface area (Å²) < 4.78 is 9.91. The van der Waals surface area contributed by atoms with Crippen molar-refractivity contribution in [3.8, 4) is 0 Å². The minimum Gasteiger partial charge on any atom is -0.468 e. The molecule has 6 nitrogen and oxygen atoms in total. The van der Waals surface area contributed by atoms with E-state index < -0.39 is 24.0 Å². The molecule has 98 valence electrons. The fourth-order valence-electron chi connectivity index (χ4n) is 1.68. The molecule has 0 aromatic heterocycles. The number of hydrogen-bond donors (Lipinski definition) is 1. The molecule has 2 atom stereocenters. The molecule has 1 N–H and O–H groups in total. The fraction of sp³-hybridized carbons (Fsp3) is 0.818. The minimum absolute atomic E-state index is 0.00296. The Kier molecular flexibility index (Phi) is 4.24. The van der Waals surface area contributed by atoms with E-state index in [2.05, 4.69) is 4.74 Å². The number of Topliss-reactive ketones (excluding diaryl/α,β-unsaturated/α-hetero) is 1. The fourth-order valence-corrected chi connectivity index (χ4v) is 1.68. The van der Waals surface area contributed by atoms with E-state index in [1.807, 2.05) is 0 Å². The normalized spacial score (nSPS) is 23.8. The first-order valence-electron chi connectivity index (χ1n) is 5.46. The third-order valence-electron chi connectivity index (χ3n) is 2.40. The van der Waals surface area contributed by atoms with Crippen LogP contribution in [0.3, 0.4) is 0 Å². The summed E-state index contributed by atoms with van der Waals surface area (Å²) in [5, 5.41) is 9.86. The van der Waals surface area contributed by atoms with Crippen molar-refractivity contribution in [2.75, 3.05) is 13.7 Å². The molecule has 1 rings (SSSR count). The summed E-state index contributed by atoms with van der Waals surface area (Å²) in [5.74, 6) is -0.649. The number of esters is 1. The van der Waals surface area contributed by atoms with Crippen LogP contribution in [0.4, 0.5) is 0 Å². The lowest BCUT2D eigenvalue weighted by Gasteiger charge is -2.31. The van der Waals surface area contributed by atoms with E-state index in [9.17, 15) is 14.7 Å². The second-order valence-electron chi connectivity index (χ2n) is 5.01. The molecule has 0 aliphatic carbocycles. The summed E-state index contributed by atoms with van der Waals surface area (Å²) in [5.41, 5.74) is -0.564. The van der Waals surface area contributed by atoms with Crippen LogP contribution < -0.4 is 0 Å². The third-order valence-corrected chi connectivity index (χ3v) is 2.40. The van der Waals surface area contributed by atoms with Crippen molar-refractivity contribution < 1.29 is 24.2 Å². The Balaban J connectivity index is 2.73. The lowest BCUT2D eigenvalue weighted by Crippen LogP contribution is -2.47. The summed E-state index contributed by atoms with van der Waals surface area (Å²) in [6, 6.07) is -0.759. The van der Waals surface area contributed by atoms with Crippen molar-refractivity contribution in [3.05, 3.63) is 0 Å². The number of ketones is 1. The summed E-state index contributed by atoms with van der Waals surface area (Å²) in [6.45, 7) is 5.33. The van der Waals surface area contributed by atoms with Gasteiger partial charge in [0.2, 0.25) is 6.41 Å². The van der Waals surface area contributed by atoms with Crippen LogP contribution in [0.2, 0.25) is 0 Å². The SMILES string of the molecule is COC(=O)[C@@H]1CC(=O)CN1C(O)OC(C)(C)C. The molecule has 6 heteroatoms. The maximum atomic E-state index is 11.5. The molecule has 0 spiro atoms. The lowest BCUT2D eigenvalue weighted by molar-refractivity contribution is -0.243. The lowest BCUT2D eigenvalue weighted by atomic mass is 10.2. The van der Waals surface area contributed by atoms with Gasteiger partial charge in [0.25, 0.3) is 0 Å². The van der Waals surface area contributed by atoms with E-state index in [0.717, 1.165) is 0 Å². The van der Waals surface area contributed by atoms with Crippen molar-refractivity contribution in [3.63, 3.8) is 0 Å². The van der Waals surface area contributed by atoms with E-state index in [1.54, 1.807) is 20.8 Å². The standard InChI is InChI=1S/C11H19NO5/c1-11(2,3)17-10(15)12-6-7(13)5-8(12)9(14)16-4/h8,10,15H,5-6H2,1-4H3/t8-,10?/m0/s1. The molecule has 1 aliphatic heterocycles. The first-order chi connectivity index (χ1) is 7.74. The van der Waals surface area contributed by atoms with Gasteiger partial charge in [-0.1, -0.05) is 0 Å². The molecule has 0 amide bonds. The molecule has 17 heavy (non-hydrogen) atoms. The maximum absolute atomic E-state index is 11.5. The molecule has 1 saturated heterocycles. The van der Waals surface area contributed by atoms with Gasteiger partial charge < -0.3 is 14.6 Å². The predicted molar refractivity (Wildman–Crippen MR) is 59.0 cm³/mol. The molecular weight excluding hydrogens is 226 g/mol. The molecule has 0 aromatic carbocycles. The zero-order valence-corrected chi connectivity index (χ0v) is 10.6. The molecule has 1 fully saturated rings. The zero-order chi connectivity index (χ0) is 13.2. The van der Waals surface area contributed by atoms with Crippen molar-refractivity contribution in [1.82, 2.24) is 4.90 Å². The van der Waals surface area contributed by atoms with E-state index in [4.69, 9.17) is 4.74 Å². The van der Waals surface area contributed by atoms with Crippen LogP contribution in [0.5, 0.6) is 0 Å². The van der Waals surface area contributed by atoms with Crippen LogP contribution in [0.25, 0.3) is 0 Å². The molecule has 1 heterocycles. The van der Waals surface area contributed by atoms with Gasteiger partial charge >= 0.3 is 5.97 Å². The van der Waals surface area contributed by atoms with Crippen LogP contribution in [0, 0.1) is 0 Å². The average Bonchev–Trinajstić information content (AvgIpc) is 2.56. The smallest absolute Gasteiger partial charge is 0.323 e. The van der Waals surface area contributed by atoms with Gasteiger partial charge in [0.05, 0.1) is 19.3 Å². The number of aliphatic hydroxyl groups is 1. The number of carbonyl (C=O) groups excluding carboxylic acids is 2. The number of carbonyl (C=O) groups is 2. The number of ether oxygens (including phenoxy) is 2. The number of hydrogen-bond acceptors (Lipinski definition) is 6. The Hall–Kier alpha value is -0.980. The molecule has 1 unspecified atom stereocenters. The predicted octanol–water partition coefficient (Wildman–Crippen LogP) is -0.106. The molecule has 0 aromatic rings. The number of rotatable bonds is 3. The van der Waals surface area contributed by atoms with Gasteiger partial charge in [0, 0.05) is 6.42 Å². The minimum atomic E-state index is -1.29. The Labute approximate surface area is 100 Å². The van der Waals surface area contributed by atoms with Gasteiger partial charge in [-0.25, -0.2) is 4.90 Å². The van der Waals surface area contributed by atoms with Gasteiger partial charge in [-0.2, -0.15) is 0 Å². The van der Waals surface area contributed by atoms with Crippen LogP contribution in [0.15, 0.2) is 0 Å². The highest BCUT2D eigenvalue weighted by atomic mass is 16.6. The quantitative estimate of drug-likeness (QED) is 0.552. The number of methoxy groups -OCH3 is 1. The third kappa shape index (κ3) is 3.76. The Morgan fingerprint density at radius 1 is 1.53 bits per heavy atom. The van der Waals surface area contributed by atoms with Gasteiger partial charge in [0.15, 0.2) is 0 Å². The van der Waals surface area contributed by atoms with E-state index >= 15 is 0 Å². The summed E-state index contributed by atoms with van der Waals surface area (Å²) >= 11 is 0. The van der Waals surface area contributed by atoms with Crippen LogP contribution in [0.1, 0.15) is 27.2 Å². The van der Waals surface area contributed by atoms with Gasteiger partial charge in [-0.15, -0.1) is 0 Å². The van der Waals surface area contributed by atoms with Gasteiger partial charge in [-0.3, -0.25) is 9.59 Å². The Morgan fingerprint density at radius 3 is 2.59 bits per heavy atom. The van der Waals surface area contributed by atoms with E-state index in [-0.39, 0.29) is 18.7 Å². The molecule has 0 radical (unpaired) electrons. The van der Waals surface area contributed by atoms with Crippen LogP contribution in [-0.2, 0) is 19.1 Å². The maximum Gasteiger partial charge on any atom is 0.323 e. The summed E-state index contributed by atoms with van der Waals surface area (Å²) in [6.07, 6.45) is -1.23. The average molecular weight is 245 g/mol. The van der Waals surface area contributed by atoms with Crippen LogP contribution >= 0.6 is 0 Å². The van der Waals surface area contributed by atoms with Crippen molar-refractivity contribution in [1.29, 1.82) is 0 Å². The number of aliphatic hydroxyl groups excluding tert-OH is 1. The van der Waals surface area contributed by atoms with E-state index in [0.29, 0.717) is 0 Å². The molecule has 1 aliphatic rings. The highest BCUT2D eigenvalue weighted by molar-refractivity contribution is 5.91. The van der Waals surface area contributed by atoms with Crippen LogP contribution in [-0.4, -0.2) is 53.5 Å². The van der Waals surface area contributed by atoms with Crippen molar-refractivity contribution in [2.45, 2.75) is 45.2 Å².